The maximum atomic E-state index is 12.7. The quantitative estimate of drug-likeness (QED) is 0.204. The number of carbonyl (C=O) groups is 2. The van der Waals surface area contributed by atoms with E-state index in [1.807, 2.05) is 12.1 Å². The highest BCUT2D eigenvalue weighted by Crippen LogP contribution is 2.50. The van der Waals surface area contributed by atoms with Crippen LogP contribution in [0.3, 0.4) is 0 Å². The predicted molar refractivity (Wildman–Crippen MR) is 136 cm³/mol. The van der Waals surface area contributed by atoms with Crippen molar-refractivity contribution in [2.75, 3.05) is 11.9 Å². The van der Waals surface area contributed by atoms with Gasteiger partial charge in [-0.3, -0.25) is 4.79 Å². The van der Waals surface area contributed by atoms with Crippen molar-refractivity contribution < 1.29 is 14.3 Å². The third-order valence-electron chi connectivity index (χ3n) is 6.33. The normalized spacial score (nSPS) is 20.5. The SMILES string of the molecule is O=C(COC(=O)c1ccc2c(c1)[C@@H]1C=CC[C@@H]1[C@@H](c1ccc(Br)cc1)N2)c1ccc(Br)cc1. The molecular weight excluding hydrogens is 546 g/mol. The lowest BCUT2D eigenvalue weighted by Crippen LogP contribution is -2.29. The lowest BCUT2D eigenvalue weighted by molar-refractivity contribution is 0.0474. The van der Waals surface area contributed by atoms with Crippen LogP contribution < -0.4 is 5.32 Å². The zero-order valence-electron chi connectivity index (χ0n) is 17.6. The molecule has 3 atom stereocenters. The van der Waals surface area contributed by atoms with Gasteiger partial charge in [-0.1, -0.05) is 68.3 Å². The standard InChI is InChI=1S/C27H21Br2NO3/c28-19-9-4-16(5-10-19)25(31)15-33-27(32)18-8-13-24-23(14-18)21-2-1-3-22(21)26(30-24)17-6-11-20(29)12-7-17/h1-2,4-14,21-22,26,30H,3,15H2/t21-,22+,26-/m1/s1. The second-order valence-corrected chi connectivity index (χ2v) is 10.2. The molecule has 0 saturated heterocycles. The first-order valence-corrected chi connectivity index (χ1v) is 12.4. The van der Waals surface area contributed by atoms with E-state index in [-0.39, 0.29) is 24.3 Å². The molecule has 0 spiro atoms. The van der Waals surface area contributed by atoms with E-state index < -0.39 is 5.97 Å². The molecule has 6 heteroatoms. The van der Waals surface area contributed by atoms with Gasteiger partial charge in [0.1, 0.15) is 0 Å². The van der Waals surface area contributed by atoms with Crippen LogP contribution in [0, 0.1) is 5.92 Å². The summed E-state index contributed by atoms with van der Waals surface area (Å²) >= 11 is 6.86. The molecule has 33 heavy (non-hydrogen) atoms. The van der Waals surface area contributed by atoms with Crippen molar-refractivity contribution >= 4 is 49.3 Å². The second-order valence-electron chi connectivity index (χ2n) is 8.34. The smallest absolute Gasteiger partial charge is 0.338 e. The Kier molecular flexibility index (Phi) is 6.21. The molecule has 0 saturated carbocycles. The number of esters is 1. The van der Waals surface area contributed by atoms with Gasteiger partial charge in [0.25, 0.3) is 0 Å². The van der Waals surface area contributed by atoms with Gasteiger partial charge in [0.2, 0.25) is 0 Å². The number of ether oxygens (including phenoxy) is 1. The van der Waals surface area contributed by atoms with Gasteiger partial charge in [0.05, 0.1) is 11.6 Å². The van der Waals surface area contributed by atoms with Crippen LogP contribution in [0.2, 0.25) is 0 Å². The van der Waals surface area contributed by atoms with Gasteiger partial charge in [-0.25, -0.2) is 4.79 Å². The number of rotatable bonds is 5. The fourth-order valence-corrected chi connectivity index (χ4v) is 5.18. The number of benzene rings is 3. The molecule has 0 bridgehead atoms. The van der Waals surface area contributed by atoms with Gasteiger partial charge >= 0.3 is 5.97 Å². The third-order valence-corrected chi connectivity index (χ3v) is 7.39. The number of Topliss-reactive ketones (excluding diaryl/α,β-unsaturated/α-hetero) is 1. The van der Waals surface area contributed by atoms with Crippen molar-refractivity contribution in [3.63, 3.8) is 0 Å². The van der Waals surface area contributed by atoms with Crippen molar-refractivity contribution in [3.05, 3.63) is 110 Å². The molecule has 0 unspecified atom stereocenters. The first-order valence-electron chi connectivity index (χ1n) is 10.8. The minimum atomic E-state index is -0.489. The Bertz CT molecular complexity index is 1240. The van der Waals surface area contributed by atoms with E-state index in [1.165, 1.54) is 5.56 Å². The van der Waals surface area contributed by atoms with E-state index >= 15 is 0 Å². The number of allylic oxidation sites excluding steroid dienone is 2. The third kappa shape index (κ3) is 4.55. The molecular formula is C27H21Br2NO3. The zero-order chi connectivity index (χ0) is 22.9. The molecule has 0 fully saturated rings. The van der Waals surface area contributed by atoms with Crippen LogP contribution >= 0.6 is 31.9 Å². The fraction of sp³-hybridized carbons (Fsp3) is 0.185. The van der Waals surface area contributed by atoms with Crippen LogP contribution in [-0.4, -0.2) is 18.4 Å². The summed E-state index contributed by atoms with van der Waals surface area (Å²) in [4.78, 5) is 25.1. The maximum Gasteiger partial charge on any atom is 0.338 e. The largest absolute Gasteiger partial charge is 0.454 e. The number of hydrogen-bond donors (Lipinski definition) is 1. The molecule has 3 aromatic carbocycles. The van der Waals surface area contributed by atoms with E-state index in [0.717, 1.165) is 26.6 Å². The van der Waals surface area contributed by atoms with E-state index in [0.29, 0.717) is 17.0 Å². The lowest BCUT2D eigenvalue weighted by atomic mass is 9.76. The average Bonchev–Trinajstić information content (AvgIpc) is 3.33. The summed E-state index contributed by atoms with van der Waals surface area (Å²) in [6.45, 7) is -0.284. The summed E-state index contributed by atoms with van der Waals surface area (Å²) in [6.07, 6.45) is 5.44. The minimum Gasteiger partial charge on any atom is -0.454 e. The molecule has 0 aromatic heterocycles. The topological polar surface area (TPSA) is 55.4 Å². The van der Waals surface area contributed by atoms with E-state index in [9.17, 15) is 9.59 Å². The lowest BCUT2D eigenvalue weighted by Gasteiger charge is -2.37. The number of anilines is 1. The Morgan fingerprint density at radius 1 is 0.909 bits per heavy atom. The predicted octanol–water partition coefficient (Wildman–Crippen LogP) is 7.08. The Balaban J connectivity index is 1.33. The molecule has 1 heterocycles. The van der Waals surface area contributed by atoms with Crippen molar-refractivity contribution in [2.24, 2.45) is 5.92 Å². The number of carbonyl (C=O) groups excluding carboxylic acids is 2. The maximum absolute atomic E-state index is 12.7. The van der Waals surface area contributed by atoms with Crippen LogP contribution in [0.4, 0.5) is 5.69 Å². The Labute approximate surface area is 209 Å². The Hall–Kier alpha value is -2.70. The molecule has 166 valence electrons. The zero-order valence-corrected chi connectivity index (χ0v) is 20.8. The van der Waals surface area contributed by atoms with E-state index in [1.54, 1.807) is 30.3 Å². The number of nitrogens with one attached hydrogen (secondary N) is 1. The summed E-state index contributed by atoms with van der Waals surface area (Å²) in [5, 5.41) is 3.68. The number of ketones is 1. The first-order chi connectivity index (χ1) is 16.0. The highest BCUT2D eigenvalue weighted by Gasteiger charge is 2.38. The Morgan fingerprint density at radius 3 is 2.30 bits per heavy atom. The van der Waals surface area contributed by atoms with Crippen molar-refractivity contribution in [1.82, 2.24) is 0 Å². The first kappa shape index (κ1) is 22.1. The van der Waals surface area contributed by atoms with Crippen LogP contribution in [0.15, 0.2) is 87.8 Å². The molecule has 0 amide bonds. The highest BCUT2D eigenvalue weighted by molar-refractivity contribution is 9.10. The second kappa shape index (κ2) is 9.27. The monoisotopic (exact) mass is 565 g/mol. The number of hydrogen-bond acceptors (Lipinski definition) is 4. The van der Waals surface area contributed by atoms with E-state index in [4.69, 9.17) is 4.74 Å². The molecule has 3 aromatic rings. The summed E-state index contributed by atoms with van der Waals surface area (Å²) in [5.74, 6) is -0.112. The average molecular weight is 567 g/mol. The highest BCUT2D eigenvalue weighted by atomic mass is 79.9. The molecule has 1 aliphatic heterocycles. The van der Waals surface area contributed by atoms with Crippen molar-refractivity contribution in [1.29, 1.82) is 0 Å². The van der Waals surface area contributed by atoms with E-state index in [2.05, 4.69) is 73.6 Å². The fourth-order valence-electron chi connectivity index (χ4n) is 4.66. The summed E-state index contributed by atoms with van der Waals surface area (Å²) in [7, 11) is 0. The van der Waals surface area contributed by atoms with Gasteiger partial charge in [-0.2, -0.15) is 0 Å². The van der Waals surface area contributed by atoms with Crippen LogP contribution in [0.1, 0.15) is 50.2 Å². The molecule has 4 nitrogen and oxygen atoms in total. The number of halogens is 2. The Morgan fingerprint density at radius 2 is 1.58 bits per heavy atom. The molecule has 0 radical (unpaired) electrons. The number of fused-ring (bicyclic) bond motifs is 3. The van der Waals surface area contributed by atoms with Crippen LogP contribution in [-0.2, 0) is 4.74 Å². The summed E-state index contributed by atoms with van der Waals surface area (Å²) in [6, 6.07) is 21.2. The van der Waals surface area contributed by atoms with Crippen LogP contribution in [0.5, 0.6) is 0 Å². The minimum absolute atomic E-state index is 0.201. The molecule has 1 N–H and O–H groups in total. The van der Waals surface area contributed by atoms with Gasteiger partial charge in [-0.15, -0.1) is 0 Å². The van der Waals surface area contributed by atoms with Gasteiger partial charge in [0.15, 0.2) is 12.4 Å². The summed E-state index contributed by atoms with van der Waals surface area (Å²) < 4.78 is 7.29. The molecule has 5 rings (SSSR count). The van der Waals surface area contributed by atoms with Crippen molar-refractivity contribution in [3.8, 4) is 0 Å². The summed E-state index contributed by atoms with van der Waals surface area (Å²) in [5.41, 5.74) is 4.34. The molecule has 2 aliphatic rings. The van der Waals surface area contributed by atoms with Gasteiger partial charge < -0.3 is 10.1 Å². The molecule has 1 aliphatic carbocycles. The van der Waals surface area contributed by atoms with Gasteiger partial charge in [0, 0.05) is 26.1 Å². The van der Waals surface area contributed by atoms with Crippen molar-refractivity contribution in [2.45, 2.75) is 18.4 Å². The van der Waals surface area contributed by atoms with Gasteiger partial charge in [-0.05, 0) is 65.9 Å². The van der Waals surface area contributed by atoms with Crippen LogP contribution in [0.25, 0.3) is 0 Å².